The summed E-state index contributed by atoms with van der Waals surface area (Å²) in [4.78, 5) is 0. The summed E-state index contributed by atoms with van der Waals surface area (Å²) in [6.45, 7) is 1.82. The van der Waals surface area contributed by atoms with Crippen LogP contribution in [0.15, 0.2) is 65.4 Å². The van der Waals surface area contributed by atoms with Crippen LogP contribution in [0.2, 0.25) is 0 Å². The zero-order chi connectivity index (χ0) is 17.6. The van der Waals surface area contributed by atoms with Gasteiger partial charge >= 0.3 is 0 Å². The molecule has 1 fully saturated rings. The van der Waals surface area contributed by atoms with Crippen molar-refractivity contribution in [2.75, 3.05) is 13.2 Å². The molecule has 1 aliphatic rings. The molecule has 4 heteroatoms. The smallest absolute Gasteiger partial charge is 0.135 e. The normalized spacial score (nSPS) is 17.0. The highest BCUT2D eigenvalue weighted by molar-refractivity contribution is 7.08. The molecule has 1 saturated heterocycles. The first-order valence-corrected chi connectivity index (χ1v) is 10.1. The van der Waals surface area contributed by atoms with Gasteiger partial charge in [-0.1, -0.05) is 24.6 Å². The SMILES string of the molecule is c1ccc(-c2ccsc2)c(Oc2ccc(OCC3CCCCN3)cc2)c1. The average Bonchev–Trinajstić information content (AvgIpc) is 3.23. The molecule has 1 aromatic heterocycles. The lowest BCUT2D eigenvalue weighted by Crippen LogP contribution is -2.38. The molecule has 3 nitrogen and oxygen atoms in total. The summed E-state index contributed by atoms with van der Waals surface area (Å²) in [7, 11) is 0. The molecular weight excluding hydrogens is 342 g/mol. The molecule has 1 aliphatic heterocycles. The molecule has 3 aromatic rings. The van der Waals surface area contributed by atoms with Gasteiger partial charge in [0.2, 0.25) is 0 Å². The fraction of sp³-hybridized carbons (Fsp3) is 0.273. The zero-order valence-corrected chi connectivity index (χ0v) is 15.5. The fourth-order valence-electron chi connectivity index (χ4n) is 3.21. The largest absolute Gasteiger partial charge is 0.492 e. The van der Waals surface area contributed by atoms with E-state index < -0.39 is 0 Å². The van der Waals surface area contributed by atoms with Gasteiger partial charge in [-0.25, -0.2) is 0 Å². The Morgan fingerprint density at radius 1 is 0.962 bits per heavy atom. The molecule has 26 heavy (non-hydrogen) atoms. The van der Waals surface area contributed by atoms with E-state index in [0.717, 1.165) is 36.0 Å². The summed E-state index contributed by atoms with van der Waals surface area (Å²) in [5.74, 6) is 2.57. The van der Waals surface area contributed by atoms with Crippen molar-refractivity contribution in [2.45, 2.75) is 25.3 Å². The lowest BCUT2D eigenvalue weighted by Gasteiger charge is -2.23. The Bertz CT molecular complexity index is 808. The van der Waals surface area contributed by atoms with Gasteiger partial charge in [0.25, 0.3) is 0 Å². The number of para-hydroxylation sites is 1. The highest BCUT2D eigenvalue weighted by Gasteiger charge is 2.13. The third-order valence-corrected chi connectivity index (χ3v) is 5.32. The van der Waals surface area contributed by atoms with Gasteiger partial charge in [-0.05, 0) is 72.1 Å². The first-order valence-electron chi connectivity index (χ1n) is 9.14. The van der Waals surface area contributed by atoms with E-state index in [2.05, 4.69) is 28.2 Å². The van der Waals surface area contributed by atoms with Crippen molar-refractivity contribution >= 4 is 11.3 Å². The Kier molecular flexibility index (Phi) is 5.53. The van der Waals surface area contributed by atoms with Crippen LogP contribution in [-0.2, 0) is 0 Å². The maximum Gasteiger partial charge on any atom is 0.135 e. The van der Waals surface area contributed by atoms with E-state index >= 15 is 0 Å². The molecule has 1 N–H and O–H groups in total. The van der Waals surface area contributed by atoms with Gasteiger partial charge < -0.3 is 14.8 Å². The molecule has 0 bridgehead atoms. The maximum atomic E-state index is 6.12. The number of benzene rings is 2. The predicted octanol–water partition coefficient (Wildman–Crippen LogP) is 5.73. The van der Waals surface area contributed by atoms with E-state index in [1.54, 1.807) is 11.3 Å². The van der Waals surface area contributed by atoms with Crippen molar-refractivity contribution in [3.63, 3.8) is 0 Å². The van der Waals surface area contributed by atoms with Gasteiger partial charge in [0, 0.05) is 11.6 Å². The lowest BCUT2D eigenvalue weighted by molar-refractivity contribution is 0.239. The van der Waals surface area contributed by atoms with Crippen LogP contribution in [0.3, 0.4) is 0 Å². The second-order valence-corrected chi connectivity index (χ2v) is 7.32. The highest BCUT2D eigenvalue weighted by atomic mass is 32.1. The van der Waals surface area contributed by atoms with Crippen LogP contribution >= 0.6 is 11.3 Å². The minimum absolute atomic E-state index is 0.470. The quantitative estimate of drug-likeness (QED) is 0.605. The number of rotatable bonds is 6. The molecule has 0 aliphatic carbocycles. The zero-order valence-electron chi connectivity index (χ0n) is 14.7. The van der Waals surface area contributed by atoms with Crippen molar-refractivity contribution in [1.82, 2.24) is 5.32 Å². The monoisotopic (exact) mass is 365 g/mol. The Balaban J connectivity index is 1.40. The summed E-state index contributed by atoms with van der Waals surface area (Å²) in [6.07, 6.45) is 3.76. The van der Waals surface area contributed by atoms with Gasteiger partial charge in [0.1, 0.15) is 23.9 Å². The number of hydrogen-bond donors (Lipinski definition) is 1. The fourth-order valence-corrected chi connectivity index (χ4v) is 3.86. The summed E-state index contributed by atoms with van der Waals surface area (Å²) in [5.41, 5.74) is 2.29. The minimum atomic E-state index is 0.470. The second-order valence-electron chi connectivity index (χ2n) is 6.54. The first kappa shape index (κ1) is 17.1. The van der Waals surface area contributed by atoms with Crippen molar-refractivity contribution in [3.8, 4) is 28.4 Å². The summed E-state index contributed by atoms with van der Waals surface area (Å²) in [6, 6.07) is 18.6. The van der Waals surface area contributed by atoms with Gasteiger partial charge in [-0.15, -0.1) is 0 Å². The summed E-state index contributed by atoms with van der Waals surface area (Å²) < 4.78 is 12.0. The van der Waals surface area contributed by atoms with Crippen LogP contribution in [-0.4, -0.2) is 19.2 Å². The van der Waals surface area contributed by atoms with Crippen LogP contribution in [0.4, 0.5) is 0 Å². The minimum Gasteiger partial charge on any atom is -0.492 e. The molecule has 0 radical (unpaired) electrons. The van der Waals surface area contributed by atoms with Gasteiger partial charge in [-0.3, -0.25) is 0 Å². The summed E-state index contributed by atoms with van der Waals surface area (Å²) in [5, 5.41) is 7.72. The van der Waals surface area contributed by atoms with Crippen molar-refractivity contribution in [2.24, 2.45) is 0 Å². The van der Waals surface area contributed by atoms with E-state index in [4.69, 9.17) is 9.47 Å². The predicted molar refractivity (Wildman–Crippen MR) is 107 cm³/mol. The molecule has 134 valence electrons. The van der Waals surface area contributed by atoms with Crippen LogP contribution in [0, 0.1) is 0 Å². The molecule has 2 heterocycles. The number of hydrogen-bond acceptors (Lipinski definition) is 4. The van der Waals surface area contributed by atoms with Crippen molar-refractivity contribution in [3.05, 3.63) is 65.4 Å². The van der Waals surface area contributed by atoms with E-state index in [-0.39, 0.29) is 0 Å². The highest BCUT2D eigenvalue weighted by Crippen LogP contribution is 2.34. The van der Waals surface area contributed by atoms with Crippen LogP contribution in [0.25, 0.3) is 11.1 Å². The molecule has 0 spiro atoms. The van der Waals surface area contributed by atoms with Gasteiger partial charge in [0.15, 0.2) is 0 Å². The molecule has 1 atom stereocenters. The Morgan fingerprint density at radius 3 is 2.58 bits per heavy atom. The molecular formula is C22H23NO2S. The Labute approximate surface area is 158 Å². The standard InChI is InChI=1S/C22H23NO2S/c1-2-7-22(21(6-1)17-12-14-26-16-17)25-20-10-8-19(9-11-20)24-15-18-5-3-4-13-23-18/h1-2,6-12,14,16,18,23H,3-5,13,15H2. The van der Waals surface area contributed by atoms with E-state index in [1.807, 2.05) is 42.5 Å². The molecule has 1 unspecified atom stereocenters. The third-order valence-electron chi connectivity index (χ3n) is 4.63. The molecule has 2 aromatic carbocycles. The second kappa shape index (κ2) is 8.39. The number of thiophene rings is 1. The maximum absolute atomic E-state index is 6.12. The van der Waals surface area contributed by atoms with E-state index in [1.165, 1.54) is 24.8 Å². The Morgan fingerprint density at radius 2 is 1.81 bits per heavy atom. The number of nitrogens with one attached hydrogen (secondary N) is 1. The summed E-state index contributed by atoms with van der Waals surface area (Å²) >= 11 is 1.69. The number of piperidine rings is 1. The van der Waals surface area contributed by atoms with Gasteiger partial charge in [-0.2, -0.15) is 11.3 Å². The van der Waals surface area contributed by atoms with Gasteiger partial charge in [0.05, 0.1) is 0 Å². The van der Waals surface area contributed by atoms with Crippen LogP contribution in [0.5, 0.6) is 17.2 Å². The Hall–Kier alpha value is -2.30. The first-order chi connectivity index (χ1) is 12.9. The topological polar surface area (TPSA) is 30.5 Å². The average molecular weight is 365 g/mol. The van der Waals surface area contributed by atoms with Crippen molar-refractivity contribution < 1.29 is 9.47 Å². The van der Waals surface area contributed by atoms with Crippen LogP contribution < -0.4 is 14.8 Å². The third kappa shape index (κ3) is 4.26. The van der Waals surface area contributed by atoms with Crippen LogP contribution in [0.1, 0.15) is 19.3 Å². The molecule has 0 saturated carbocycles. The van der Waals surface area contributed by atoms with Crippen molar-refractivity contribution in [1.29, 1.82) is 0 Å². The number of ether oxygens (including phenoxy) is 2. The van der Waals surface area contributed by atoms with E-state index in [9.17, 15) is 0 Å². The van der Waals surface area contributed by atoms with E-state index in [0.29, 0.717) is 6.04 Å². The molecule has 0 amide bonds. The molecule has 4 rings (SSSR count). The lowest BCUT2D eigenvalue weighted by atomic mass is 10.1.